The molecule has 0 aliphatic heterocycles. The number of methoxy groups -OCH3 is 1. The van der Waals surface area contributed by atoms with Crippen LogP contribution in [0.3, 0.4) is 0 Å². The number of hydrogen-bond acceptors (Lipinski definition) is 2. The van der Waals surface area contributed by atoms with Crippen LogP contribution in [0.1, 0.15) is 43.4 Å². The SMILES string of the molecule is COc1ccc(C)cc1C(C)NC1CCC1. The van der Waals surface area contributed by atoms with E-state index in [2.05, 4.69) is 37.4 Å². The summed E-state index contributed by atoms with van der Waals surface area (Å²) >= 11 is 0. The van der Waals surface area contributed by atoms with Crippen LogP contribution >= 0.6 is 0 Å². The van der Waals surface area contributed by atoms with Crippen molar-refractivity contribution in [3.8, 4) is 5.75 Å². The van der Waals surface area contributed by atoms with Crippen LogP contribution in [-0.4, -0.2) is 13.2 Å². The second kappa shape index (κ2) is 4.88. The van der Waals surface area contributed by atoms with Crippen LogP contribution in [0.2, 0.25) is 0 Å². The number of hydrogen-bond donors (Lipinski definition) is 1. The number of benzene rings is 1. The third-order valence-electron chi connectivity index (χ3n) is 3.44. The number of aryl methyl sites for hydroxylation is 1. The van der Waals surface area contributed by atoms with E-state index in [9.17, 15) is 0 Å². The van der Waals surface area contributed by atoms with E-state index >= 15 is 0 Å². The summed E-state index contributed by atoms with van der Waals surface area (Å²) in [5, 5.41) is 3.65. The molecule has 0 bridgehead atoms. The molecule has 0 radical (unpaired) electrons. The maximum Gasteiger partial charge on any atom is 0.123 e. The molecule has 2 heteroatoms. The molecule has 1 N–H and O–H groups in total. The summed E-state index contributed by atoms with van der Waals surface area (Å²) in [4.78, 5) is 0. The van der Waals surface area contributed by atoms with Gasteiger partial charge in [0.1, 0.15) is 5.75 Å². The smallest absolute Gasteiger partial charge is 0.123 e. The monoisotopic (exact) mass is 219 g/mol. The van der Waals surface area contributed by atoms with Crippen LogP contribution in [0.25, 0.3) is 0 Å². The number of ether oxygens (including phenoxy) is 1. The maximum atomic E-state index is 5.41. The predicted octanol–water partition coefficient (Wildman–Crippen LogP) is 3.21. The van der Waals surface area contributed by atoms with Gasteiger partial charge in [-0.3, -0.25) is 0 Å². The van der Waals surface area contributed by atoms with E-state index in [4.69, 9.17) is 4.74 Å². The summed E-state index contributed by atoms with van der Waals surface area (Å²) in [6, 6.07) is 7.46. The van der Waals surface area contributed by atoms with Crippen molar-refractivity contribution in [3.05, 3.63) is 29.3 Å². The molecular weight excluding hydrogens is 198 g/mol. The van der Waals surface area contributed by atoms with Gasteiger partial charge in [-0.1, -0.05) is 24.1 Å². The molecule has 1 aromatic carbocycles. The summed E-state index contributed by atoms with van der Waals surface area (Å²) in [7, 11) is 1.74. The first-order valence-corrected chi connectivity index (χ1v) is 6.11. The second-order valence-electron chi connectivity index (χ2n) is 4.76. The molecule has 16 heavy (non-hydrogen) atoms. The van der Waals surface area contributed by atoms with Crippen molar-refractivity contribution in [1.29, 1.82) is 0 Å². The molecule has 1 aliphatic rings. The minimum atomic E-state index is 0.375. The first kappa shape index (κ1) is 11.5. The van der Waals surface area contributed by atoms with Crippen LogP contribution in [0.15, 0.2) is 18.2 Å². The van der Waals surface area contributed by atoms with Crippen LogP contribution in [0.5, 0.6) is 5.75 Å². The Morgan fingerprint density at radius 1 is 1.38 bits per heavy atom. The van der Waals surface area contributed by atoms with Gasteiger partial charge in [-0.25, -0.2) is 0 Å². The molecule has 2 nitrogen and oxygen atoms in total. The van der Waals surface area contributed by atoms with Crippen molar-refractivity contribution in [2.75, 3.05) is 7.11 Å². The molecular formula is C14H21NO. The zero-order valence-corrected chi connectivity index (χ0v) is 10.4. The topological polar surface area (TPSA) is 21.3 Å². The Morgan fingerprint density at radius 3 is 2.69 bits per heavy atom. The van der Waals surface area contributed by atoms with Crippen LogP contribution in [0, 0.1) is 6.92 Å². The summed E-state index contributed by atoms with van der Waals surface area (Å²) < 4.78 is 5.41. The van der Waals surface area contributed by atoms with Gasteiger partial charge in [-0.2, -0.15) is 0 Å². The molecule has 1 fully saturated rings. The lowest BCUT2D eigenvalue weighted by molar-refractivity contribution is 0.308. The second-order valence-corrected chi connectivity index (χ2v) is 4.76. The molecule has 1 aliphatic carbocycles. The number of nitrogens with one attached hydrogen (secondary N) is 1. The quantitative estimate of drug-likeness (QED) is 0.839. The molecule has 0 aromatic heterocycles. The maximum absolute atomic E-state index is 5.41. The van der Waals surface area contributed by atoms with Gasteiger partial charge in [0.05, 0.1) is 7.11 Å². The molecule has 1 saturated carbocycles. The minimum Gasteiger partial charge on any atom is -0.496 e. The molecule has 0 spiro atoms. The third-order valence-corrected chi connectivity index (χ3v) is 3.44. The molecule has 88 valence electrons. The van der Waals surface area contributed by atoms with Crippen molar-refractivity contribution in [1.82, 2.24) is 5.32 Å². The standard InChI is InChI=1S/C14H21NO/c1-10-7-8-14(16-3)13(9-10)11(2)15-12-5-4-6-12/h7-9,11-12,15H,4-6H2,1-3H3. The Bertz CT molecular complexity index is 358. The Hall–Kier alpha value is -1.02. The lowest BCUT2D eigenvalue weighted by atomic mass is 9.91. The van der Waals surface area contributed by atoms with Gasteiger partial charge in [-0.05, 0) is 32.8 Å². The molecule has 0 heterocycles. The Labute approximate surface area is 98.0 Å². The Kier molecular flexibility index (Phi) is 3.49. The predicted molar refractivity (Wildman–Crippen MR) is 66.9 cm³/mol. The average Bonchev–Trinajstić information content (AvgIpc) is 2.23. The van der Waals surface area contributed by atoms with Crippen LogP contribution in [0.4, 0.5) is 0 Å². The van der Waals surface area contributed by atoms with Gasteiger partial charge in [-0.15, -0.1) is 0 Å². The van der Waals surface area contributed by atoms with Crippen molar-refractivity contribution >= 4 is 0 Å². The average molecular weight is 219 g/mol. The largest absolute Gasteiger partial charge is 0.496 e. The van der Waals surface area contributed by atoms with E-state index in [1.165, 1.54) is 30.4 Å². The highest BCUT2D eigenvalue weighted by atomic mass is 16.5. The minimum absolute atomic E-state index is 0.375. The van der Waals surface area contributed by atoms with Crippen molar-refractivity contribution in [3.63, 3.8) is 0 Å². The van der Waals surface area contributed by atoms with Gasteiger partial charge < -0.3 is 10.1 Å². The van der Waals surface area contributed by atoms with E-state index in [1.807, 2.05) is 0 Å². The normalized spacial score (nSPS) is 17.9. The molecule has 2 rings (SSSR count). The lowest BCUT2D eigenvalue weighted by Gasteiger charge is -2.30. The third kappa shape index (κ3) is 2.38. The molecule has 0 saturated heterocycles. The fraction of sp³-hybridized carbons (Fsp3) is 0.571. The summed E-state index contributed by atoms with van der Waals surface area (Å²) in [6.07, 6.45) is 4.01. The van der Waals surface area contributed by atoms with Crippen molar-refractivity contribution in [2.24, 2.45) is 0 Å². The van der Waals surface area contributed by atoms with Gasteiger partial charge in [0, 0.05) is 17.6 Å². The van der Waals surface area contributed by atoms with Gasteiger partial charge in [0.15, 0.2) is 0 Å². The zero-order chi connectivity index (χ0) is 11.5. The highest BCUT2D eigenvalue weighted by Crippen LogP contribution is 2.28. The van der Waals surface area contributed by atoms with Crippen LogP contribution in [-0.2, 0) is 0 Å². The van der Waals surface area contributed by atoms with Gasteiger partial charge in [0.2, 0.25) is 0 Å². The highest BCUT2D eigenvalue weighted by molar-refractivity contribution is 5.38. The first-order chi connectivity index (χ1) is 7.70. The molecule has 1 unspecified atom stereocenters. The molecule has 1 aromatic rings. The molecule has 1 atom stereocenters. The zero-order valence-electron chi connectivity index (χ0n) is 10.4. The molecule has 0 amide bonds. The first-order valence-electron chi connectivity index (χ1n) is 6.11. The number of rotatable bonds is 4. The fourth-order valence-corrected chi connectivity index (χ4v) is 2.21. The van der Waals surface area contributed by atoms with E-state index in [0.29, 0.717) is 12.1 Å². The fourth-order valence-electron chi connectivity index (χ4n) is 2.21. The lowest BCUT2D eigenvalue weighted by Crippen LogP contribution is -2.36. The Morgan fingerprint density at radius 2 is 2.12 bits per heavy atom. The summed E-state index contributed by atoms with van der Waals surface area (Å²) in [5.41, 5.74) is 2.56. The van der Waals surface area contributed by atoms with Crippen LogP contribution < -0.4 is 10.1 Å². The summed E-state index contributed by atoms with van der Waals surface area (Å²) in [6.45, 7) is 4.34. The highest BCUT2D eigenvalue weighted by Gasteiger charge is 2.21. The van der Waals surface area contributed by atoms with Gasteiger partial charge in [0.25, 0.3) is 0 Å². The van der Waals surface area contributed by atoms with E-state index in [1.54, 1.807) is 7.11 Å². The van der Waals surface area contributed by atoms with Crippen molar-refractivity contribution < 1.29 is 4.74 Å². The van der Waals surface area contributed by atoms with E-state index in [-0.39, 0.29) is 0 Å². The Balaban J connectivity index is 2.13. The van der Waals surface area contributed by atoms with Gasteiger partial charge >= 0.3 is 0 Å². The van der Waals surface area contributed by atoms with Crippen molar-refractivity contribution in [2.45, 2.75) is 45.2 Å². The van der Waals surface area contributed by atoms with E-state index in [0.717, 1.165) is 5.75 Å². The summed E-state index contributed by atoms with van der Waals surface area (Å²) in [5.74, 6) is 0.991. The van der Waals surface area contributed by atoms with E-state index < -0.39 is 0 Å².